The maximum absolute atomic E-state index is 11.4. The second-order valence-corrected chi connectivity index (χ2v) is 4.05. The monoisotopic (exact) mass is 243 g/mol. The minimum atomic E-state index is -1.42. The number of hydrogen-bond acceptors (Lipinski definition) is 4. The van der Waals surface area contributed by atoms with Gasteiger partial charge in [0.1, 0.15) is 5.54 Å². The second-order valence-electron chi connectivity index (χ2n) is 3.61. The first-order valence-electron chi connectivity index (χ1n) is 4.74. The molecule has 1 atom stereocenters. The van der Waals surface area contributed by atoms with Crippen molar-refractivity contribution in [2.45, 2.75) is 12.0 Å². The van der Waals surface area contributed by atoms with E-state index in [2.05, 4.69) is 4.74 Å². The van der Waals surface area contributed by atoms with Gasteiger partial charge < -0.3 is 15.6 Å². The molecule has 0 unspecified atom stereocenters. The summed E-state index contributed by atoms with van der Waals surface area (Å²) in [6, 6.07) is 6.96. The van der Waals surface area contributed by atoms with Crippen molar-refractivity contribution in [1.29, 1.82) is 0 Å². The van der Waals surface area contributed by atoms with Crippen LogP contribution in [0.4, 0.5) is 0 Å². The summed E-state index contributed by atoms with van der Waals surface area (Å²) in [7, 11) is 1.23. The molecule has 1 aromatic rings. The fourth-order valence-electron chi connectivity index (χ4n) is 1.41. The number of ether oxygens (including phenoxy) is 1. The second kappa shape index (κ2) is 5.30. The maximum Gasteiger partial charge on any atom is 0.328 e. The summed E-state index contributed by atoms with van der Waals surface area (Å²) in [6.07, 6.45) is 0.177. The molecule has 1 aromatic carbocycles. The quantitative estimate of drug-likeness (QED) is 0.766. The Morgan fingerprint density at radius 3 is 2.81 bits per heavy atom. The zero-order valence-corrected chi connectivity index (χ0v) is 9.70. The number of carbonyl (C=O) groups excluding carboxylic acids is 1. The molecule has 0 aliphatic rings. The smallest absolute Gasteiger partial charge is 0.328 e. The minimum Gasteiger partial charge on any atom is -0.468 e. The molecule has 0 amide bonds. The number of methoxy groups -OCH3 is 1. The van der Waals surface area contributed by atoms with Crippen molar-refractivity contribution < 1.29 is 14.6 Å². The first-order chi connectivity index (χ1) is 7.51. The van der Waals surface area contributed by atoms with Crippen LogP contribution in [-0.4, -0.2) is 30.3 Å². The van der Waals surface area contributed by atoms with Gasteiger partial charge in [0.25, 0.3) is 0 Å². The van der Waals surface area contributed by atoms with Crippen LogP contribution in [0.2, 0.25) is 5.02 Å². The number of nitrogens with two attached hydrogens (primary N) is 1. The van der Waals surface area contributed by atoms with Crippen molar-refractivity contribution in [3.8, 4) is 0 Å². The van der Waals surface area contributed by atoms with Gasteiger partial charge in [-0.05, 0) is 17.7 Å². The topological polar surface area (TPSA) is 72.5 Å². The number of aliphatic hydroxyl groups excluding tert-OH is 1. The van der Waals surface area contributed by atoms with Gasteiger partial charge in [0, 0.05) is 11.4 Å². The van der Waals surface area contributed by atoms with Crippen molar-refractivity contribution in [1.82, 2.24) is 0 Å². The molecular weight excluding hydrogens is 230 g/mol. The highest BCUT2D eigenvalue weighted by Gasteiger charge is 2.34. The third-order valence-corrected chi connectivity index (χ3v) is 2.52. The standard InChI is InChI=1S/C11H14ClNO3/c1-16-10(15)11(13,7-14)6-8-3-2-4-9(12)5-8/h2-5,14H,6-7,13H2,1H3/t11-/m1/s1. The van der Waals surface area contributed by atoms with Gasteiger partial charge in [0.05, 0.1) is 13.7 Å². The summed E-state index contributed by atoms with van der Waals surface area (Å²) in [5.74, 6) is -0.644. The van der Waals surface area contributed by atoms with Gasteiger partial charge in [0.15, 0.2) is 0 Å². The summed E-state index contributed by atoms with van der Waals surface area (Å²) >= 11 is 5.81. The Hall–Kier alpha value is -1.10. The first kappa shape index (κ1) is 13.0. The zero-order chi connectivity index (χ0) is 12.2. The number of halogens is 1. The van der Waals surface area contributed by atoms with Crippen LogP contribution >= 0.6 is 11.6 Å². The predicted molar refractivity (Wildman–Crippen MR) is 61.2 cm³/mol. The summed E-state index contributed by atoms with van der Waals surface area (Å²) < 4.78 is 4.55. The van der Waals surface area contributed by atoms with E-state index in [-0.39, 0.29) is 6.42 Å². The lowest BCUT2D eigenvalue weighted by Crippen LogP contribution is -2.53. The van der Waals surface area contributed by atoms with E-state index < -0.39 is 18.1 Å². The molecule has 16 heavy (non-hydrogen) atoms. The molecular formula is C11H14ClNO3. The van der Waals surface area contributed by atoms with Crippen LogP contribution in [-0.2, 0) is 16.0 Å². The van der Waals surface area contributed by atoms with Crippen molar-refractivity contribution in [2.75, 3.05) is 13.7 Å². The van der Waals surface area contributed by atoms with Crippen LogP contribution in [0.1, 0.15) is 5.56 Å². The Bertz CT molecular complexity index is 383. The molecule has 0 spiro atoms. The van der Waals surface area contributed by atoms with Gasteiger partial charge in [-0.25, -0.2) is 4.79 Å². The van der Waals surface area contributed by atoms with Crippen molar-refractivity contribution in [2.24, 2.45) is 5.73 Å². The van der Waals surface area contributed by atoms with Gasteiger partial charge in [-0.1, -0.05) is 23.7 Å². The number of esters is 1. The normalized spacial score (nSPS) is 14.2. The first-order valence-corrected chi connectivity index (χ1v) is 5.12. The summed E-state index contributed by atoms with van der Waals surface area (Å²) in [5, 5.41) is 9.72. The lowest BCUT2D eigenvalue weighted by atomic mass is 9.93. The molecule has 0 aliphatic heterocycles. The highest BCUT2D eigenvalue weighted by atomic mass is 35.5. The zero-order valence-electron chi connectivity index (χ0n) is 8.94. The van der Waals surface area contributed by atoms with Crippen molar-refractivity contribution >= 4 is 17.6 Å². The van der Waals surface area contributed by atoms with Crippen LogP contribution in [0.5, 0.6) is 0 Å². The van der Waals surface area contributed by atoms with Crippen molar-refractivity contribution in [3.63, 3.8) is 0 Å². The molecule has 0 aromatic heterocycles. The third-order valence-electron chi connectivity index (χ3n) is 2.28. The molecule has 0 saturated heterocycles. The van der Waals surface area contributed by atoms with E-state index in [4.69, 9.17) is 22.4 Å². The van der Waals surface area contributed by atoms with Crippen LogP contribution in [0.15, 0.2) is 24.3 Å². The lowest BCUT2D eigenvalue weighted by molar-refractivity contribution is -0.148. The van der Waals surface area contributed by atoms with E-state index in [1.807, 2.05) is 0 Å². The lowest BCUT2D eigenvalue weighted by Gasteiger charge is -2.24. The molecule has 0 fully saturated rings. The van der Waals surface area contributed by atoms with Crippen LogP contribution < -0.4 is 5.73 Å². The number of benzene rings is 1. The van der Waals surface area contributed by atoms with E-state index in [1.165, 1.54) is 7.11 Å². The van der Waals surface area contributed by atoms with Gasteiger partial charge in [0.2, 0.25) is 0 Å². The Balaban J connectivity index is 2.89. The molecule has 0 bridgehead atoms. The third kappa shape index (κ3) is 2.95. The van der Waals surface area contributed by atoms with Gasteiger partial charge in [-0.3, -0.25) is 0 Å². The van der Waals surface area contributed by atoms with Gasteiger partial charge >= 0.3 is 5.97 Å². The molecule has 0 aliphatic carbocycles. The van der Waals surface area contributed by atoms with Crippen LogP contribution in [0.3, 0.4) is 0 Å². The molecule has 0 heterocycles. The van der Waals surface area contributed by atoms with Crippen molar-refractivity contribution in [3.05, 3.63) is 34.9 Å². The van der Waals surface area contributed by atoms with E-state index in [9.17, 15) is 4.79 Å². The molecule has 1 rings (SSSR count). The largest absolute Gasteiger partial charge is 0.468 e. The van der Waals surface area contributed by atoms with E-state index in [0.717, 1.165) is 5.56 Å². The molecule has 3 N–H and O–H groups in total. The Morgan fingerprint density at radius 2 is 2.31 bits per heavy atom. The van der Waals surface area contributed by atoms with Gasteiger partial charge in [-0.2, -0.15) is 0 Å². The fourth-order valence-corrected chi connectivity index (χ4v) is 1.62. The van der Waals surface area contributed by atoms with E-state index in [1.54, 1.807) is 24.3 Å². The van der Waals surface area contributed by atoms with Crippen LogP contribution in [0.25, 0.3) is 0 Å². The number of rotatable bonds is 4. The highest BCUT2D eigenvalue weighted by molar-refractivity contribution is 6.30. The predicted octanol–water partition coefficient (Wildman–Crippen LogP) is 0.745. The molecule has 5 heteroatoms. The fraction of sp³-hybridized carbons (Fsp3) is 0.364. The Labute approximate surface area is 99.0 Å². The molecule has 0 radical (unpaired) electrons. The summed E-state index contributed by atoms with van der Waals surface area (Å²) in [6.45, 7) is -0.480. The molecule has 4 nitrogen and oxygen atoms in total. The van der Waals surface area contributed by atoms with Crippen LogP contribution in [0, 0.1) is 0 Å². The Kier molecular flexibility index (Phi) is 4.29. The summed E-state index contributed by atoms with van der Waals surface area (Å²) in [4.78, 5) is 11.4. The summed E-state index contributed by atoms with van der Waals surface area (Å²) in [5.41, 5.74) is 5.12. The maximum atomic E-state index is 11.4. The molecule has 0 saturated carbocycles. The SMILES string of the molecule is COC(=O)[C@](N)(CO)Cc1cccc(Cl)c1. The highest BCUT2D eigenvalue weighted by Crippen LogP contribution is 2.16. The number of aliphatic hydroxyl groups is 1. The van der Waals surface area contributed by atoms with Gasteiger partial charge in [-0.15, -0.1) is 0 Å². The minimum absolute atomic E-state index is 0.177. The number of carbonyl (C=O) groups is 1. The average molecular weight is 244 g/mol. The molecule has 88 valence electrons. The number of hydrogen-bond donors (Lipinski definition) is 2. The average Bonchev–Trinajstić information content (AvgIpc) is 2.27. The van der Waals surface area contributed by atoms with E-state index in [0.29, 0.717) is 5.02 Å². The Morgan fingerprint density at radius 1 is 1.62 bits per heavy atom. The van der Waals surface area contributed by atoms with E-state index >= 15 is 0 Å².